The van der Waals surface area contributed by atoms with Crippen LogP contribution < -0.4 is 0 Å². The van der Waals surface area contributed by atoms with Crippen molar-refractivity contribution >= 4 is 37.2 Å². The van der Waals surface area contributed by atoms with Crippen molar-refractivity contribution < 1.29 is 18.3 Å². The number of hydrogen-bond acceptors (Lipinski definition) is 4. The van der Waals surface area contributed by atoms with Gasteiger partial charge in [0, 0.05) is 4.70 Å². The molecule has 1 atom stereocenters. The Hall–Kier alpha value is -1.40. The maximum absolute atomic E-state index is 11.9. The Morgan fingerprint density at radius 1 is 1.39 bits per heavy atom. The molecular formula is C12H12O4S2. The van der Waals surface area contributed by atoms with Crippen LogP contribution in [0.2, 0.25) is 0 Å². The van der Waals surface area contributed by atoms with E-state index in [9.17, 15) is 13.2 Å². The van der Waals surface area contributed by atoms with Gasteiger partial charge in [0.15, 0.2) is 15.1 Å². The third kappa shape index (κ3) is 2.39. The lowest BCUT2D eigenvalue weighted by atomic mass is 10.2. The summed E-state index contributed by atoms with van der Waals surface area (Å²) in [5.74, 6) is -1.54. The summed E-state index contributed by atoms with van der Waals surface area (Å²) in [7, 11) is -3.67. The quantitative estimate of drug-likeness (QED) is 0.935. The van der Waals surface area contributed by atoms with Gasteiger partial charge in [-0.15, -0.1) is 11.3 Å². The highest BCUT2D eigenvalue weighted by Gasteiger charge is 2.28. The summed E-state index contributed by atoms with van der Waals surface area (Å²) in [6.07, 6.45) is 0. The maximum atomic E-state index is 11.9. The molecule has 0 amide bonds. The van der Waals surface area contributed by atoms with Crippen LogP contribution in [0.1, 0.15) is 12.5 Å². The monoisotopic (exact) mass is 284 g/mol. The van der Waals surface area contributed by atoms with Crippen LogP contribution in [0.5, 0.6) is 0 Å². The van der Waals surface area contributed by atoms with Crippen LogP contribution in [0, 0.1) is 0 Å². The fraction of sp³-hybridized carbons (Fsp3) is 0.250. The first-order valence-electron chi connectivity index (χ1n) is 5.31. The molecule has 1 heterocycles. The van der Waals surface area contributed by atoms with Crippen molar-refractivity contribution in [3.05, 3.63) is 35.2 Å². The molecule has 0 fully saturated rings. The predicted molar refractivity (Wildman–Crippen MR) is 71.5 cm³/mol. The second-order valence-electron chi connectivity index (χ2n) is 4.04. The first-order chi connectivity index (χ1) is 8.42. The van der Waals surface area contributed by atoms with E-state index in [1.807, 2.05) is 24.3 Å². The lowest BCUT2D eigenvalue weighted by Crippen LogP contribution is -2.27. The number of thiophene rings is 1. The van der Waals surface area contributed by atoms with Gasteiger partial charge in [0.25, 0.3) is 0 Å². The molecule has 6 heteroatoms. The highest BCUT2D eigenvalue weighted by atomic mass is 32.2. The number of benzene rings is 1. The van der Waals surface area contributed by atoms with E-state index < -0.39 is 21.1 Å². The van der Waals surface area contributed by atoms with Crippen LogP contribution >= 0.6 is 11.3 Å². The van der Waals surface area contributed by atoms with Gasteiger partial charge in [-0.2, -0.15) is 0 Å². The van der Waals surface area contributed by atoms with Crippen molar-refractivity contribution in [3.63, 3.8) is 0 Å². The number of carboxylic acid groups (broad SMARTS) is 1. The molecule has 0 aliphatic carbocycles. The molecule has 0 saturated heterocycles. The molecule has 96 valence electrons. The number of hydrogen-bond donors (Lipinski definition) is 1. The van der Waals surface area contributed by atoms with Crippen LogP contribution in [-0.2, 0) is 20.4 Å². The van der Waals surface area contributed by atoms with Crippen molar-refractivity contribution in [2.24, 2.45) is 0 Å². The van der Waals surface area contributed by atoms with E-state index in [1.54, 1.807) is 5.38 Å². The average Bonchev–Trinajstić information content (AvgIpc) is 2.71. The summed E-state index contributed by atoms with van der Waals surface area (Å²) < 4.78 is 24.8. The number of carbonyl (C=O) groups is 1. The van der Waals surface area contributed by atoms with E-state index in [0.717, 1.165) is 10.1 Å². The zero-order valence-corrected chi connectivity index (χ0v) is 11.3. The Bertz CT molecular complexity index is 685. The molecule has 0 aliphatic rings. The van der Waals surface area contributed by atoms with Crippen molar-refractivity contribution in [1.29, 1.82) is 0 Å². The predicted octanol–water partition coefficient (Wildman–Crippen LogP) is 2.29. The summed E-state index contributed by atoms with van der Waals surface area (Å²) in [5, 5.41) is 10.1. The van der Waals surface area contributed by atoms with Gasteiger partial charge in [0.05, 0.1) is 5.75 Å². The van der Waals surface area contributed by atoms with Crippen LogP contribution in [0.15, 0.2) is 29.6 Å². The van der Waals surface area contributed by atoms with E-state index in [-0.39, 0.29) is 5.75 Å². The van der Waals surface area contributed by atoms with Crippen molar-refractivity contribution in [2.75, 3.05) is 0 Å². The van der Waals surface area contributed by atoms with Crippen LogP contribution in [0.25, 0.3) is 10.1 Å². The largest absolute Gasteiger partial charge is 0.480 e. The van der Waals surface area contributed by atoms with Crippen LogP contribution in [0.3, 0.4) is 0 Å². The van der Waals surface area contributed by atoms with Gasteiger partial charge in [-0.1, -0.05) is 18.2 Å². The molecule has 1 unspecified atom stereocenters. The Morgan fingerprint density at radius 2 is 2.06 bits per heavy atom. The standard InChI is InChI=1S/C12H12O4S2/c1-8(12(13)14)18(15,16)7-9-6-17-11-5-3-2-4-10(9)11/h2-6,8H,7H2,1H3,(H,13,14). The van der Waals surface area contributed by atoms with E-state index in [4.69, 9.17) is 5.11 Å². The minimum Gasteiger partial charge on any atom is -0.480 e. The first kappa shape index (κ1) is 13.0. The highest BCUT2D eigenvalue weighted by Crippen LogP contribution is 2.27. The van der Waals surface area contributed by atoms with Crippen molar-refractivity contribution in [2.45, 2.75) is 17.9 Å². The fourth-order valence-corrected chi connectivity index (χ4v) is 3.94. The van der Waals surface area contributed by atoms with Gasteiger partial charge in [0.1, 0.15) is 0 Å². The molecule has 1 aromatic carbocycles. The van der Waals surface area contributed by atoms with Crippen LogP contribution in [-0.4, -0.2) is 24.7 Å². The molecule has 0 radical (unpaired) electrons. The SMILES string of the molecule is CC(C(=O)O)S(=O)(=O)Cc1csc2ccccc12. The first-order valence-corrected chi connectivity index (χ1v) is 7.91. The third-order valence-corrected chi connectivity index (χ3v) is 5.81. The normalized spacial score (nSPS) is 13.6. The van der Waals surface area contributed by atoms with Crippen molar-refractivity contribution in [3.8, 4) is 0 Å². The Morgan fingerprint density at radius 3 is 2.72 bits per heavy atom. The molecule has 0 aliphatic heterocycles. The van der Waals surface area contributed by atoms with Gasteiger partial charge >= 0.3 is 5.97 Å². The summed E-state index contributed by atoms with van der Waals surface area (Å²) in [6.45, 7) is 1.20. The molecule has 4 nitrogen and oxygen atoms in total. The molecule has 0 spiro atoms. The van der Waals surface area contributed by atoms with Gasteiger partial charge < -0.3 is 5.11 Å². The molecule has 2 rings (SSSR count). The second-order valence-corrected chi connectivity index (χ2v) is 7.28. The molecule has 0 saturated carbocycles. The van der Waals surface area contributed by atoms with Crippen LogP contribution in [0.4, 0.5) is 0 Å². The summed E-state index contributed by atoms with van der Waals surface area (Å²) in [4.78, 5) is 10.8. The molecule has 0 bridgehead atoms. The smallest absolute Gasteiger partial charge is 0.321 e. The van der Waals surface area contributed by atoms with Gasteiger partial charge in [0.2, 0.25) is 0 Å². The lowest BCUT2D eigenvalue weighted by molar-refractivity contribution is -0.136. The average molecular weight is 284 g/mol. The number of carboxylic acids is 1. The Labute approximate surface area is 109 Å². The van der Waals surface area contributed by atoms with Gasteiger partial charge in [-0.05, 0) is 29.3 Å². The minimum absolute atomic E-state index is 0.232. The number of rotatable bonds is 4. The highest BCUT2D eigenvalue weighted by molar-refractivity contribution is 7.92. The van der Waals surface area contributed by atoms with E-state index in [0.29, 0.717) is 5.56 Å². The van der Waals surface area contributed by atoms with Gasteiger partial charge in [-0.3, -0.25) is 4.79 Å². The number of aliphatic carboxylic acids is 1. The lowest BCUT2D eigenvalue weighted by Gasteiger charge is -2.07. The van der Waals surface area contributed by atoms with E-state index in [1.165, 1.54) is 18.3 Å². The maximum Gasteiger partial charge on any atom is 0.321 e. The fourth-order valence-electron chi connectivity index (χ4n) is 1.64. The molecule has 1 aromatic heterocycles. The molecule has 18 heavy (non-hydrogen) atoms. The van der Waals surface area contributed by atoms with E-state index in [2.05, 4.69) is 0 Å². The zero-order valence-electron chi connectivity index (χ0n) is 9.66. The topological polar surface area (TPSA) is 71.4 Å². The number of fused-ring (bicyclic) bond motifs is 1. The summed E-state index contributed by atoms with van der Waals surface area (Å²) in [5.41, 5.74) is 0.670. The Balaban J connectivity index is 2.38. The molecular weight excluding hydrogens is 272 g/mol. The van der Waals surface area contributed by atoms with Gasteiger partial charge in [-0.25, -0.2) is 8.42 Å². The summed E-state index contributed by atoms with van der Waals surface area (Å²) in [6, 6.07) is 7.49. The van der Waals surface area contributed by atoms with E-state index >= 15 is 0 Å². The van der Waals surface area contributed by atoms with Crippen molar-refractivity contribution in [1.82, 2.24) is 0 Å². The molecule has 1 N–H and O–H groups in total. The summed E-state index contributed by atoms with van der Waals surface area (Å²) >= 11 is 1.46. The number of sulfone groups is 1. The molecule has 2 aromatic rings. The minimum atomic E-state index is -3.67. The third-order valence-electron chi connectivity index (χ3n) is 2.80. The zero-order chi connectivity index (χ0) is 13.3. The second kappa shape index (κ2) is 4.70. The Kier molecular flexibility index (Phi) is 3.41.